The number of anilines is 6. The third-order valence-electron chi connectivity index (χ3n) is 15.1. The Morgan fingerprint density at radius 3 is 0.870 bits per heavy atom. The first-order chi connectivity index (χ1) is 38.2. The highest BCUT2D eigenvalue weighted by molar-refractivity contribution is 6.32. The van der Waals surface area contributed by atoms with E-state index in [0.717, 1.165) is 50.8 Å². The predicted molar refractivity (Wildman–Crippen MR) is 327 cm³/mol. The molecule has 3 heteroatoms. The molecule has 0 unspecified atom stereocenters. The van der Waals surface area contributed by atoms with E-state index in [2.05, 4.69) is 324 Å². The Morgan fingerprint density at radius 1 is 0.208 bits per heavy atom. The molecule has 0 atom stereocenters. The van der Waals surface area contributed by atoms with Crippen molar-refractivity contribution in [3.05, 3.63) is 309 Å². The molecule has 1 heterocycles. The number of benzene rings is 13. The standard InChI is InChI=1S/C74H51N3/c1-6-22-52(23-7-1)56-26-20-28-58(48-56)54-40-44-63(45-41-54)75(60-30-10-3-11-31-60)69-50-71-73(67-38-18-16-36-65(67)69)74-68-39-19-17-37-66(68)70(51-72(74)77(71)62-34-14-5-15-35-62)76(61-32-12-4-13-33-61)64-46-42-55(43-47-64)59-29-21-27-57(49-59)53-24-8-2-9-25-53/h1-51H. The van der Waals surface area contributed by atoms with Crippen LogP contribution in [0, 0.1) is 0 Å². The van der Waals surface area contributed by atoms with Crippen molar-refractivity contribution >= 4 is 77.5 Å². The van der Waals surface area contributed by atoms with Gasteiger partial charge in [-0.25, -0.2) is 0 Å². The van der Waals surface area contributed by atoms with Gasteiger partial charge >= 0.3 is 0 Å². The smallest absolute Gasteiger partial charge is 0.0568 e. The second-order valence-corrected chi connectivity index (χ2v) is 19.7. The summed E-state index contributed by atoms with van der Waals surface area (Å²) in [4.78, 5) is 4.86. The van der Waals surface area contributed by atoms with Gasteiger partial charge in [0, 0.05) is 50.0 Å². The molecule has 0 bridgehead atoms. The second-order valence-electron chi connectivity index (χ2n) is 19.7. The van der Waals surface area contributed by atoms with Crippen LogP contribution in [0.15, 0.2) is 309 Å². The molecule has 0 spiro atoms. The molecular formula is C74H51N3. The highest BCUT2D eigenvalue weighted by atomic mass is 15.2. The van der Waals surface area contributed by atoms with Crippen molar-refractivity contribution in [3.8, 4) is 50.2 Å². The van der Waals surface area contributed by atoms with Crippen molar-refractivity contribution < 1.29 is 0 Å². The zero-order chi connectivity index (χ0) is 51.1. The minimum absolute atomic E-state index is 1.08. The van der Waals surface area contributed by atoms with E-state index in [9.17, 15) is 0 Å². The summed E-state index contributed by atoms with van der Waals surface area (Å²) in [6.45, 7) is 0. The van der Waals surface area contributed by atoms with E-state index < -0.39 is 0 Å². The Balaban J connectivity index is 0.976. The summed E-state index contributed by atoms with van der Waals surface area (Å²) in [5.74, 6) is 0. The zero-order valence-electron chi connectivity index (χ0n) is 42.3. The summed E-state index contributed by atoms with van der Waals surface area (Å²) in [5, 5.41) is 7.18. The number of aromatic nitrogens is 1. The predicted octanol–water partition coefficient (Wildman–Crippen LogP) is 20.7. The van der Waals surface area contributed by atoms with E-state index >= 15 is 0 Å². The molecule has 0 amide bonds. The molecule has 0 N–H and O–H groups in total. The van der Waals surface area contributed by atoms with Gasteiger partial charge in [0.05, 0.1) is 22.4 Å². The van der Waals surface area contributed by atoms with Gasteiger partial charge in [0.25, 0.3) is 0 Å². The molecule has 14 rings (SSSR count). The molecule has 14 aromatic rings. The van der Waals surface area contributed by atoms with Crippen molar-refractivity contribution in [1.29, 1.82) is 0 Å². The van der Waals surface area contributed by atoms with Gasteiger partial charge in [0.1, 0.15) is 0 Å². The van der Waals surface area contributed by atoms with E-state index in [4.69, 9.17) is 0 Å². The highest BCUT2D eigenvalue weighted by Crippen LogP contribution is 2.50. The maximum atomic E-state index is 2.49. The molecule has 0 aliphatic rings. The van der Waals surface area contributed by atoms with Gasteiger partial charge in [0.15, 0.2) is 0 Å². The summed E-state index contributed by atoms with van der Waals surface area (Å²) in [6, 6.07) is 112. The van der Waals surface area contributed by atoms with E-state index in [1.165, 1.54) is 76.8 Å². The second kappa shape index (κ2) is 19.6. The maximum Gasteiger partial charge on any atom is 0.0568 e. The van der Waals surface area contributed by atoms with Crippen molar-refractivity contribution in [1.82, 2.24) is 4.57 Å². The first-order valence-corrected chi connectivity index (χ1v) is 26.4. The van der Waals surface area contributed by atoms with Gasteiger partial charge in [-0.2, -0.15) is 0 Å². The Labute approximate surface area is 449 Å². The lowest BCUT2D eigenvalue weighted by molar-refractivity contribution is 1.18. The first kappa shape index (κ1) is 45.4. The number of hydrogen-bond donors (Lipinski definition) is 0. The van der Waals surface area contributed by atoms with E-state index in [1.54, 1.807) is 0 Å². The molecule has 0 fully saturated rings. The Kier molecular flexibility index (Phi) is 11.5. The minimum atomic E-state index is 1.08. The van der Waals surface area contributed by atoms with Crippen molar-refractivity contribution in [2.24, 2.45) is 0 Å². The van der Waals surface area contributed by atoms with Crippen LogP contribution in [0.1, 0.15) is 0 Å². The van der Waals surface area contributed by atoms with Crippen LogP contribution in [0.4, 0.5) is 34.1 Å². The first-order valence-electron chi connectivity index (χ1n) is 26.4. The van der Waals surface area contributed by atoms with Gasteiger partial charge in [-0.1, -0.05) is 224 Å². The van der Waals surface area contributed by atoms with Crippen LogP contribution < -0.4 is 9.80 Å². The Morgan fingerprint density at radius 2 is 0.494 bits per heavy atom. The number of fused-ring (bicyclic) bond motifs is 7. The van der Waals surface area contributed by atoms with Crippen LogP contribution in [-0.4, -0.2) is 4.57 Å². The topological polar surface area (TPSA) is 11.4 Å². The third-order valence-corrected chi connectivity index (χ3v) is 15.1. The van der Waals surface area contributed by atoms with Crippen molar-refractivity contribution in [2.45, 2.75) is 0 Å². The summed E-state index contributed by atoms with van der Waals surface area (Å²) in [7, 11) is 0. The summed E-state index contributed by atoms with van der Waals surface area (Å²) >= 11 is 0. The van der Waals surface area contributed by atoms with Gasteiger partial charge < -0.3 is 14.4 Å². The lowest BCUT2D eigenvalue weighted by Crippen LogP contribution is -2.11. The highest BCUT2D eigenvalue weighted by Gasteiger charge is 2.26. The molecule has 13 aromatic carbocycles. The number of hydrogen-bond acceptors (Lipinski definition) is 2. The quantitative estimate of drug-likeness (QED) is 0.128. The third kappa shape index (κ3) is 8.28. The number of rotatable bonds is 11. The monoisotopic (exact) mass is 981 g/mol. The fraction of sp³-hybridized carbons (Fsp3) is 0. The molecule has 0 aliphatic heterocycles. The molecule has 0 aliphatic carbocycles. The molecule has 3 nitrogen and oxygen atoms in total. The average molecular weight is 982 g/mol. The van der Waals surface area contributed by atoms with E-state index in [-0.39, 0.29) is 0 Å². The van der Waals surface area contributed by atoms with Gasteiger partial charge in [-0.05, 0) is 140 Å². The van der Waals surface area contributed by atoms with Gasteiger partial charge in [-0.15, -0.1) is 0 Å². The largest absolute Gasteiger partial charge is 0.310 e. The van der Waals surface area contributed by atoms with Crippen molar-refractivity contribution in [3.63, 3.8) is 0 Å². The number of para-hydroxylation sites is 3. The summed E-state index contributed by atoms with van der Waals surface area (Å²) < 4.78 is 2.49. The molecular weight excluding hydrogens is 931 g/mol. The maximum absolute atomic E-state index is 2.49. The number of nitrogens with zero attached hydrogens (tertiary/aromatic N) is 3. The zero-order valence-corrected chi connectivity index (χ0v) is 42.3. The van der Waals surface area contributed by atoms with Crippen LogP contribution in [0.25, 0.3) is 93.5 Å². The summed E-state index contributed by atoms with van der Waals surface area (Å²) in [6.07, 6.45) is 0. The normalized spacial score (nSPS) is 11.4. The minimum Gasteiger partial charge on any atom is -0.310 e. The van der Waals surface area contributed by atoms with Crippen molar-refractivity contribution in [2.75, 3.05) is 9.80 Å². The van der Waals surface area contributed by atoms with Crippen LogP contribution in [0.2, 0.25) is 0 Å². The van der Waals surface area contributed by atoms with E-state index in [1.807, 2.05) is 0 Å². The fourth-order valence-electron chi connectivity index (χ4n) is 11.5. The average Bonchev–Trinajstić information content (AvgIpc) is 4.02. The van der Waals surface area contributed by atoms with E-state index in [0.29, 0.717) is 0 Å². The molecule has 0 saturated heterocycles. The van der Waals surface area contributed by atoms with Crippen LogP contribution in [0.5, 0.6) is 0 Å². The molecule has 77 heavy (non-hydrogen) atoms. The van der Waals surface area contributed by atoms with Gasteiger partial charge in [-0.3, -0.25) is 0 Å². The fourth-order valence-corrected chi connectivity index (χ4v) is 11.5. The lowest BCUT2D eigenvalue weighted by Gasteiger charge is -2.27. The van der Waals surface area contributed by atoms with Crippen LogP contribution >= 0.6 is 0 Å². The SMILES string of the molecule is c1ccc(-c2cccc(-c3ccc(N(c4ccccc4)c4cc5c(c6ccccc46)c4c6ccccc6c(N(c6ccccc6)c6ccc(-c7cccc(-c8ccccc8)c7)cc6)cc4n5-c4ccccc4)cc3)c2)cc1. The van der Waals surface area contributed by atoms with Gasteiger partial charge in [0.2, 0.25) is 0 Å². The van der Waals surface area contributed by atoms with Crippen LogP contribution in [0.3, 0.4) is 0 Å². The molecule has 0 saturated carbocycles. The molecule has 362 valence electrons. The Hall–Kier alpha value is -10.2. The molecule has 1 aromatic heterocycles. The van der Waals surface area contributed by atoms with Crippen LogP contribution in [-0.2, 0) is 0 Å². The lowest BCUT2D eigenvalue weighted by atomic mass is 9.96. The summed E-state index contributed by atoms with van der Waals surface area (Å²) in [5.41, 5.74) is 19.4. The molecule has 0 radical (unpaired) electrons. The Bertz CT molecular complexity index is 4130.